The van der Waals surface area contributed by atoms with Crippen LogP contribution in [0.5, 0.6) is 5.75 Å². The van der Waals surface area contributed by atoms with Crippen molar-refractivity contribution in [3.05, 3.63) is 22.7 Å². The van der Waals surface area contributed by atoms with Crippen molar-refractivity contribution < 1.29 is 23.1 Å². The number of nitrogens with two attached hydrogens (primary N) is 1. The number of anilines is 1. The van der Waals surface area contributed by atoms with Gasteiger partial charge in [0.05, 0.1) is 5.69 Å². The minimum atomic E-state index is -4.78. The Bertz CT molecular complexity index is 494. The summed E-state index contributed by atoms with van der Waals surface area (Å²) in [6.45, 7) is 1.84. The number of benzene rings is 1. The SMILES string of the molecule is CC(CNc1ccc(Br)cc1OC(F)(F)F)/C(N)=N/O. The van der Waals surface area contributed by atoms with Crippen molar-refractivity contribution in [3.63, 3.8) is 0 Å². The van der Waals surface area contributed by atoms with Gasteiger partial charge in [-0.1, -0.05) is 28.0 Å². The maximum absolute atomic E-state index is 12.3. The second-order valence-corrected chi connectivity index (χ2v) is 4.91. The Morgan fingerprint density at radius 1 is 1.55 bits per heavy atom. The summed E-state index contributed by atoms with van der Waals surface area (Å²) in [4.78, 5) is 0. The van der Waals surface area contributed by atoms with Gasteiger partial charge >= 0.3 is 6.36 Å². The van der Waals surface area contributed by atoms with Crippen LogP contribution in [0.25, 0.3) is 0 Å². The maximum atomic E-state index is 12.3. The van der Waals surface area contributed by atoms with Gasteiger partial charge in [0.15, 0.2) is 5.75 Å². The summed E-state index contributed by atoms with van der Waals surface area (Å²) >= 11 is 3.07. The van der Waals surface area contributed by atoms with Crippen LogP contribution in [0.15, 0.2) is 27.8 Å². The number of halogens is 4. The Labute approximate surface area is 121 Å². The summed E-state index contributed by atoms with van der Waals surface area (Å²) in [7, 11) is 0. The number of hydrogen-bond acceptors (Lipinski definition) is 4. The van der Waals surface area contributed by atoms with Crippen LogP contribution in [0.2, 0.25) is 0 Å². The number of amidine groups is 1. The van der Waals surface area contributed by atoms with Crippen LogP contribution in [0, 0.1) is 5.92 Å². The van der Waals surface area contributed by atoms with Crippen LogP contribution in [0.3, 0.4) is 0 Å². The Morgan fingerprint density at radius 3 is 2.75 bits per heavy atom. The zero-order valence-electron chi connectivity index (χ0n) is 10.4. The van der Waals surface area contributed by atoms with Crippen LogP contribution in [-0.2, 0) is 0 Å². The normalized spacial score (nSPS) is 13.9. The topological polar surface area (TPSA) is 79.9 Å². The molecule has 0 spiro atoms. The summed E-state index contributed by atoms with van der Waals surface area (Å²) in [5.41, 5.74) is 5.54. The molecule has 4 N–H and O–H groups in total. The third kappa shape index (κ3) is 5.16. The van der Waals surface area contributed by atoms with Gasteiger partial charge in [-0.2, -0.15) is 0 Å². The summed E-state index contributed by atoms with van der Waals surface area (Å²) in [6, 6.07) is 4.20. The van der Waals surface area contributed by atoms with E-state index in [4.69, 9.17) is 10.9 Å². The molecule has 20 heavy (non-hydrogen) atoms. The number of rotatable bonds is 5. The first kappa shape index (κ1) is 16.4. The number of alkyl halides is 3. The number of oxime groups is 1. The number of hydrogen-bond donors (Lipinski definition) is 3. The zero-order chi connectivity index (χ0) is 15.3. The van der Waals surface area contributed by atoms with Crippen LogP contribution >= 0.6 is 15.9 Å². The molecule has 0 amide bonds. The molecule has 112 valence electrons. The van der Waals surface area contributed by atoms with Gasteiger partial charge in [0.25, 0.3) is 0 Å². The van der Waals surface area contributed by atoms with E-state index in [0.29, 0.717) is 4.47 Å². The van der Waals surface area contributed by atoms with E-state index in [1.807, 2.05) is 0 Å². The predicted octanol–water partition coefficient (Wildman–Crippen LogP) is 3.14. The van der Waals surface area contributed by atoms with Gasteiger partial charge in [0, 0.05) is 16.9 Å². The molecule has 1 aromatic carbocycles. The first-order valence-electron chi connectivity index (χ1n) is 5.49. The molecule has 0 aliphatic rings. The molecule has 0 fully saturated rings. The second-order valence-electron chi connectivity index (χ2n) is 4.00. The fraction of sp³-hybridized carbons (Fsp3) is 0.364. The highest BCUT2D eigenvalue weighted by atomic mass is 79.9. The van der Waals surface area contributed by atoms with Crippen LogP contribution < -0.4 is 15.8 Å². The number of nitrogens with zero attached hydrogens (tertiary/aromatic N) is 1. The Kier molecular flexibility index (Phi) is 5.49. The lowest BCUT2D eigenvalue weighted by Crippen LogP contribution is -2.27. The summed E-state index contributed by atoms with van der Waals surface area (Å²) in [6.07, 6.45) is -4.78. The average molecular weight is 356 g/mol. The van der Waals surface area contributed by atoms with Crippen molar-refractivity contribution in [1.29, 1.82) is 0 Å². The van der Waals surface area contributed by atoms with E-state index in [1.165, 1.54) is 12.1 Å². The van der Waals surface area contributed by atoms with E-state index < -0.39 is 6.36 Å². The van der Waals surface area contributed by atoms with Crippen molar-refractivity contribution >= 4 is 27.5 Å². The monoisotopic (exact) mass is 355 g/mol. The predicted molar refractivity (Wildman–Crippen MR) is 71.9 cm³/mol. The summed E-state index contributed by atoms with van der Waals surface area (Å²) in [5, 5.41) is 14.1. The van der Waals surface area contributed by atoms with Crippen molar-refractivity contribution in [1.82, 2.24) is 0 Å². The van der Waals surface area contributed by atoms with Gasteiger partial charge in [0.2, 0.25) is 0 Å². The molecule has 1 rings (SSSR count). The summed E-state index contributed by atoms with van der Waals surface area (Å²) < 4.78 is 41.3. The lowest BCUT2D eigenvalue weighted by atomic mass is 10.1. The van der Waals surface area contributed by atoms with E-state index in [1.54, 1.807) is 13.0 Å². The van der Waals surface area contributed by atoms with E-state index in [-0.39, 0.29) is 29.7 Å². The summed E-state index contributed by atoms with van der Waals surface area (Å²) in [5.74, 6) is -0.742. The molecule has 0 aromatic heterocycles. The molecule has 0 bridgehead atoms. The molecule has 5 nitrogen and oxygen atoms in total. The quantitative estimate of drug-likeness (QED) is 0.328. The van der Waals surface area contributed by atoms with Crippen molar-refractivity contribution in [2.45, 2.75) is 13.3 Å². The van der Waals surface area contributed by atoms with E-state index in [0.717, 1.165) is 0 Å². The highest BCUT2D eigenvalue weighted by molar-refractivity contribution is 9.10. The van der Waals surface area contributed by atoms with Gasteiger partial charge in [-0.3, -0.25) is 0 Å². The van der Waals surface area contributed by atoms with Crippen LogP contribution in [0.1, 0.15) is 6.92 Å². The van der Waals surface area contributed by atoms with E-state index in [2.05, 4.69) is 31.1 Å². The lowest BCUT2D eigenvalue weighted by molar-refractivity contribution is -0.274. The van der Waals surface area contributed by atoms with Gasteiger partial charge in [-0.25, -0.2) is 0 Å². The highest BCUT2D eigenvalue weighted by Gasteiger charge is 2.32. The molecule has 0 saturated heterocycles. The van der Waals surface area contributed by atoms with Gasteiger partial charge in [-0.05, 0) is 18.2 Å². The Balaban J connectivity index is 2.84. The fourth-order valence-corrected chi connectivity index (χ4v) is 1.66. The molecule has 0 saturated carbocycles. The first-order valence-corrected chi connectivity index (χ1v) is 6.29. The van der Waals surface area contributed by atoms with Gasteiger partial charge < -0.3 is 21.0 Å². The molecule has 1 unspecified atom stereocenters. The molecule has 1 atom stereocenters. The maximum Gasteiger partial charge on any atom is 0.573 e. The van der Waals surface area contributed by atoms with Gasteiger partial charge in [0.1, 0.15) is 5.84 Å². The largest absolute Gasteiger partial charge is 0.573 e. The minimum absolute atomic E-state index is 0.0205. The minimum Gasteiger partial charge on any atom is -0.409 e. The second kappa shape index (κ2) is 6.69. The Morgan fingerprint density at radius 2 is 2.20 bits per heavy atom. The Hall–Kier alpha value is -1.64. The molecule has 0 aliphatic heterocycles. The standard InChI is InChI=1S/C11H13BrF3N3O2/c1-6(10(16)18-19)5-17-8-3-2-7(12)4-9(8)20-11(13,14)15/h2-4,6,17,19H,5H2,1H3,(H2,16,18). The molecule has 0 heterocycles. The smallest absolute Gasteiger partial charge is 0.409 e. The average Bonchev–Trinajstić information content (AvgIpc) is 2.34. The zero-order valence-corrected chi connectivity index (χ0v) is 12.0. The van der Waals surface area contributed by atoms with E-state index >= 15 is 0 Å². The van der Waals surface area contributed by atoms with Crippen LogP contribution in [-0.4, -0.2) is 23.9 Å². The van der Waals surface area contributed by atoms with Crippen LogP contribution in [0.4, 0.5) is 18.9 Å². The molecular weight excluding hydrogens is 343 g/mol. The lowest BCUT2D eigenvalue weighted by Gasteiger charge is -2.17. The molecule has 9 heteroatoms. The van der Waals surface area contributed by atoms with Crippen molar-refractivity contribution in [2.75, 3.05) is 11.9 Å². The molecule has 0 radical (unpaired) electrons. The highest BCUT2D eigenvalue weighted by Crippen LogP contribution is 2.33. The number of nitrogens with one attached hydrogen (secondary N) is 1. The fourth-order valence-electron chi connectivity index (χ4n) is 1.32. The van der Waals surface area contributed by atoms with E-state index in [9.17, 15) is 13.2 Å². The number of ether oxygens (including phenoxy) is 1. The first-order chi connectivity index (χ1) is 9.23. The molecule has 1 aromatic rings. The molecule has 0 aliphatic carbocycles. The van der Waals surface area contributed by atoms with Gasteiger partial charge in [-0.15, -0.1) is 13.2 Å². The molecular formula is C11H13BrF3N3O2. The third-order valence-corrected chi connectivity index (χ3v) is 2.88. The van der Waals surface area contributed by atoms with Crippen molar-refractivity contribution in [2.24, 2.45) is 16.8 Å². The van der Waals surface area contributed by atoms with Crippen molar-refractivity contribution in [3.8, 4) is 5.75 Å². The third-order valence-electron chi connectivity index (χ3n) is 2.39.